The zero-order valence-electron chi connectivity index (χ0n) is 15.8. The summed E-state index contributed by atoms with van der Waals surface area (Å²) < 4.78 is 1.52. The van der Waals surface area contributed by atoms with Gasteiger partial charge >= 0.3 is 0 Å². The molecule has 2 aromatic heterocycles. The van der Waals surface area contributed by atoms with E-state index in [1.807, 2.05) is 47.8 Å². The molecule has 6 nitrogen and oxygen atoms in total. The van der Waals surface area contributed by atoms with Crippen molar-refractivity contribution in [1.82, 2.24) is 9.47 Å². The quantitative estimate of drug-likeness (QED) is 0.703. The zero-order chi connectivity index (χ0) is 20.4. The molecule has 3 heterocycles. The van der Waals surface area contributed by atoms with E-state index in [1.54, 1.807) is 22.4 Å². The standard InChI is InChI=1S/C22H21N3O3S/c23-21(27)20-18-8-9-24(19(26)11-17-7-4-10-29-17)13-16(18)14-25(22(20)28)12-15-5-2-1-3-6-15/h1-7,10,14H,8-9,11-13H2,(H2,23,27). The number of nitrogens with zero attached hydrogens (tertiary/aromatic N) is 2. The maximum atomic E-state index is 12.9. The Hall–Kier alpha value is -3.19. The maximum Gasteiger partial charge on any atom is 0.264 e. The minimum atomic E-state index is -0.716. The monoisotopic (exact) mass is 407 g/mol. The minimum absolute atomic E-state index is 0.0412. The first-order valence-electron chi connectivity index (χ1n) is 9.42. The Morgan fingerprint density at radius 3 is 2.59 bits per heavy atom. The molecule has 4 rings (SSSR count). The van der Waals surface area contributed by atoms with Crippen LogP contribution in [0.4, 0.5) is 0 Å². The molecule has 0 spiro atoms. The van der Waals surface area contributed by atoms with Crippen LogP contribution in [0.3, 0.4) is 0 Å². The second-order valence-corrected chi connectivity index (χ2v) is 8.14. The molecular formula is C22H21N3O3S. The van der Waals surface area contributed by atoms with Crippen molar-refractivity contribution in [2.24, 2.45) is 5.73 Å². The van der Waals surface area contributed by atoms with E-state index in [-0.39, 0.29) is 17.0 Å². The van der Waals surface area contributed by atoms with Gasteiger partial charge in [0.25, 0.3) is 11.5 Å². The maximum absolute atomic E-state index is 12.9. The molecule has 0 radical (unpaired) electrons. The first-order valence-corrected chi connectivity index (χ1v) is 10.3. The van der Waals surface area contributed by atoms with E-state index >= 15 is 0 Å². The van der Waals surface area contributed by atoms with Crippen molar-refractivity contribution in [1.29, 1.82) is 0 Å². The van der Waals surface area contributed by atoms with E-state index in [9.17, 15) is 14.4 Å². The molecule has 3 aromatic rings. The second kappa shape index (κ2) is 8.05. The number of benzene rings is 1. The van der Waals surface area contributed by atoms with Crippen LogP contribution in [-0.4, -0.2) is 27.8 Å². The predicted molar refractivity (Wildman–Crippen MR) is 112 cm³/mol. The average molecular weight is 407 g/mol. The van der Waals surface area contributed by atoms with Crippen LogP contribution in [0.25, 0.3) is 0 Å². The van der Waals surface area contributed by atoms with Gasteiger partial charge in [0.1, 0.15) is 5.56 Å². The third kappa shape index (κ3) is 4.00. The first kappa shape index (κ1) is 19.1. The number of carbonyl (C=O) groups is 2. The van der Waals surface area contributed by atoms with Gasteiger partial charge in [-0.3, -0.25) is 14.4 Å². The summed E-state index contributed by atoms with van der Waals surface area (Å²) in [6.07, 6.45) is 2.58. The van der Waals surface area contributed by atoms with Gasteiger partial charge in [0, 0.05) is 24.2 Å². The number of thiophene rings is 1. The Morgan fingerprint density at radius 1 is 1.10 bits per heavy atom. The van der Waals surface area contributed by atoms with Crippen molar-refractivity contribution in [3.63, 3.8) is 0 Å². The molecule has 148 valence electrons. The van der Waals surface area contributed by atoms with E-state index in [0.717, 1.165) is 16.0 Å². The third-order valence-electron chi connectivity index (χ3n) is 5.17. The molecule has 7 heteroatoms. The van der Waals surface area contributed by atoms with E-state index in [4.69, 9.17) is 5.73 Å². The van der Waals surface area contributed by atoms with Crippen molar-refractivity contribution >= 4 is 23.2 Å². The van der Waals surface area contributed by atoms with E-state index in [1.165, 1.54) is 4.57 Å². The van der Waals surface area contributed by atoms with Crippen molar-refractivity contribution in [2.45, 2.75) is 25.9 Å². The van der Waals surface area contributed by atoms with Crippen LogP contribution in [0.2, 0.25) is 0 Å². The summed E-state index contributed by atoms with van der Waals surface area (Å²) in [7, 11) is 0. The second-order valence-electron chi connectivity index (χ2n) is 7.11. The van der Waals surface area contributed by atoms with Crippen molar-refractivity contribution in [2.75, 3.05) is 6.54 Å². The molecule has 2 amide bonds. The van der Waals surface area contributed by atoms with E-state index < -0.39 is 5.91 Å². The molecule has 0 fully saturated rings. The largest absolute Gasteiger partial charge is 0.365 e. The lowest BCUT2D eigenvalue weighted by Gasteiger charge is -2.30. The fraction of sp³-hybridized carbons (Fsp3) is 0.227. The van der Waals surface area contributed by atoms with E-state index in [2.05, 4.69) is 0 Å². The molecule has 0 aliphatic carbocycles. The Balaban J connectivity index is 1.66. The summed E-state index contributed by atoms with van der Waals surface area (Å²) in [6, 6.07) is 13.4. The molecule has 0 bridgehead atoms. The highest BCUT2D eigenvalue weighted by Crippen LogP contribution is 2.22. The van der Waals surface area contributed by atoms with Crippen molar-refractivity contribution < 1.29 is 9.59 Å². The zero-order valence-corrected chi connectivity index (χ0v) is 16.7. The lowest BCUT2D eigenvalue weighted by molar-refractivity contribution is -0.131. The third-order valence-corrected chi connectivity index (χ3v) is 6.05. The molecule has 1 aliphatic heterocycles. The van der Waals surface area contributed by atoms with Crippen LogP contribution in [0.1, 0.15) is 31.9 Å². The fourth-order valence-corrected chi connectivity index (χ4v) is 4.45. The number of rotatable bonds is 5. The van der Waals surface area contributed by atoms with Crippen LogP contribution in [-0.2, 0) is 30.7 Å². The number of fused-ring (bicyclic) bond motifs is 1. The lowest BCUT2D eigenvalue weighted by atomic mass is 9.95. The highest BCUT2D eigenvalue weighted by molar-refractivity contribution is 7.10. The van der Waals surface area contributed by atoms with Gasteiger partial charge in [-0.1, -0.05) is 36.4 Å². The summed E-state index contributed by atoms with van der Waals surface area (Å²) >= 11 is 1.56. The number of aromatic nitrogens is 1. The van der Waals surface area contributed by atoms with Gasteiger partial charge in [-0.15, -0.1) is 11.3 Å². The Morgan fingerprint density at radius 2 is 1.90 bits per heavy atom. The average Bonchev–Trinajstić information content (AvgIpc) is 3.21. The van der Waals surface area contributed by atoms with Gasteiger partial charge < -0.3 is 15.2 Å². The van der Waals surface area contributed by atoms with Gasteiger partial charge in [0.15, 0.2) is 0 Å². The molecule has 0 saturated heterocycles. The van der Waals surface area contributed by atoms with Crippen LogP contribution in [0.15, 0.2) is 58.8 Å². The number of amides is 2. The van der Waals surface area contributed by atoms with Gasteiger partial charge in [0.05, 0.1) is 13.0 Å². The van der Waals surface area contributed by atoms with Gasteiger partial charge in [0.2, 0.25) is 5.91 Å². The molecule has 1 aliphatic rings. The van der Waals surface area contributed by atoms with E-state index in [0.29, 0.717) is 38.0 Å². The summed E-state index contributed by atoms with van der Waals surface area (Å²) in [5, 5.41) is 1.95. The number of pyridine rings is 1. The van der Waals surface area contributed by atoms with Crippen molar-refractivity contribution in [3.05, 3.63) is 91.5 Å². The Bertz CT molecular complexity index is 1100. The number of primary amides is 1. The summed E-state index contributed by atoms with van der Waals surface area (Å²) in [6.45, 7) is 1.19. The molecule has 0 unspecified atom stereocenters. The molecule has 1 aromatic carbocycles. The summed E-state index contributed by atoms with van der Waals surface area (Å²) in [5.41, 5.74) is 7.65. The topological polar surface area (TPSA) is 85.4 Å². The van der Waals surface area contributed by atoms with Gasteiger partial charge in [-0.25, -0.2) is 0 Å². The summed E-state index contributed by atoms with van der Waals surface area (Å²) in [5.74, 6) is -0.674. The Kier molecular flexibility index (Phi) is 5.31. The predicted octanol–water partition coefficient (Wildman–Crippen LogP) is 2.18. The summed E-state index contributed by atoms with van der Waals surface area (Å²) in [4.78, 5) is 40.5. The highest BCUT2D eigenvalue weighted by atomic mass is 32.1. The van der Waals surface area contributed by atoms with Crippen LogP contribution >= 0.6 is 11.3 Å². The van der Waals surface area contributed by atoms with Crippen LogP contribution in [0, 0.1) is 0 Å². The lowest BCUT2D eigenvalue weighted by Crippen LogP contribution is -2.41. The first-order chi connectivity index (χ1) is 14.0. The smallest absolute Gasteiger partial charge is 0.264 e. The highest BCUT2D eigenvalue weighted by Gasteiger charge is 2.27. The normalized spacial score (nSPS) is 13.2. The van der Waals surface area contributed by atoms with Gasteiger partial charge in [-0.05, 0) is 34.6 Å². The molecule has 0 saturated carbocycles. The fourth-order valence-electron chi connectivity index (χ4n) is 3.75. The number of nitrogens with two attached hydrogens (primary N) is 1. The van der Waals surface area contributed by atoms with Crippen LogP contribution in [0.5, 0.6) is 0 Å². The van der Waals surface area contributed by atoms with Gasteiger partial charge in [-0.2, -0.15) is 0 Å². The van der Waals surface area contributed by atoms with Crippen LogP contribution < -0.4 is 11.3 Å². The van der Waals surface area contributed by atoms with Crippen molar-refractivity contribution in [3.8, 4) is 0 Å². The molecule has 2 N–H and O–H groups in total. The molecule has 0 atom stereocenters. The molecular weight excluding hydrogens is 386 g/mol. The molecule has 29 heavy (non-hydrogen) atoms. The number of hydrogen-bond donors (Lipinski definition) is 1. The minimum Gasteiger partial charge on any atom is -0.365 e. The SMILES string of the molecule is NC(=O)c1c2c(cn(Cc3ccccc3)c1=O)CN(C(=O)Cc1cccs1)CC2. The number of hydrogen-bond acceptors (Lipinski definition) is 4. The number of carbonyl (C=O) groups excluding carboxylic acids is 2. The Labute approximate surface area is 172 Å².